The van der Waals surface area contributed by atoms with Crippen LogP contribution in [0.1, 0.15) is 17.0 Å². The summed E-state index contributed by atoms with van der Waals surface area (Å²) in [6.45, 7) is 5.06. The molecule has 1 atom stereocenters. The predicted octanol–water partition coefficient (Wildman–Crippen LogP) is 15.6. The first kappa shape index (κ1) is 35.2. The molecule has 0 fully saturated rings. The molecule has 0 N–H and O–H groups in total. The number of allylic oxidation sites excluding steroid dienone is 1. The highest BCUT2D eigenvalue weighted by Gasteiger charge is 2.33. The number of benzene rings is 10. The van der Waals surface area contributed by atoms with Crippen LogP contribution in [0.5, 0.6) is 0 Å². The third-order valence-electron chi connectivity index (χ3n) is 13.8. The first-order chi connectivity index (χ1) is 31.7. The van der Waals surface area contributed by atoms with Gasteiger partial charge in [-0.25, -0.2) is 4.99 Å². The molecule has 0 aliphatic carbocycles. The molecule has 13 aromatic rings. The summed E-state index contributed by atoms with van der Waals surface area (Å²) in [6.07, 6.45) is 0. The second-order valence-electron chi connectivity index (χ2n) is 17.1. The summed E-state index contributed by atoms with van der Waals surface area (Å²) in [7, 11) is 0. The number of fused-ring (bicyclic) bond motifs is 14. The molecule has 1 aliphatic heterocycles. The molecule has 4 heterocycles. The zero-order valence-electron chi connectivity index (χ0n) is 34.8. The smallest absolute Gasteiger partial charge is 0.141 e. The Balaban J connectivity index is 1.06. The highest BCUT2D eigenvalue weighted by atomic mass is 15.1. The van der Waals surface area contributed by atoms with Crippen LogP contribution in [0.15, 0.2) is 229 Å². The second-order valence-corrected chi connectivity index (χ2v) is 17.1. The molecule has 3 aromatic heterocycles. The summed E-state index contributed by atoms with van der Waals surface area (Å²) >= 11 is 0. The van der Waals surface area contributed by atoms with E-state index in [4.69, 9.17) is 11.6 Å². The van der Waals surface area contributed by atoms with E-state index in [1.54, 1.807) is 0 Å². The third kappa shape index (κ3) is 4.79. The molecule has 0 bridgehead atoms. The lowest BCUT2D eigenvalue weighted by Gasteiger charge is -2.29. The Labute approximate surface area is 368 Å². The van der Waals surface area contributed by atoms with E-state index in [9.17, 15) is 0 Å². The summed E-state index contributed by atoms with van der Waals surface area (Å²) < 4.78 is 7.25. The van der Waals surface area contributed by atoms with Gasteiger partial charge in [-0.05, 0) is 93.3 Å². The third-order valence-corrected chi connectivity index (χ3v) is 13.8. The maximum Gasteiger partial charge on any atom is 0.141 e. The zero-order chi connectivity index (χ0) is 42.0. The molecule has 1 aliphatic rings. The second kappa shape index (κ2) is 13.3. The van der Waals surface area contributed by atoms with Gasteiger partial charge in [-0.3, -0.25) is 4.57 Å². The fourth-order valence-corrected chi connectivity index (χ4v) is 11.2. The van der Waals surface area contributed by atoms with Crippen molar-refractivity contribution in [3.63, 3.8) is 0 Å². The number of aliphatic imine (C=N–C) groups is 1. The lowest BCUT2D eigenvalue weighted by Crippen LogP contribution is -2.23. The molecule has 0 spiro atoms. The van der Waals surface area contributed by atoms with Crippen LogP contribution in [0.25, 0.3) is 98.3 Å². The van der Waals surface area contributed by atoms with Crippen molar-refractivity contribution in [1.29, 1.82) is 0 Å². The molecule has 4 heteroatoms. The SMILES string of the molecule is C=C1C(n2c3cc(-n4c5ccccc5c5c6ccccc6ccc54)ccc3c3c4ccccc4ccc32)=Nc2ccccc2C1c1cccc2c1c1ccccc1n2-c1ccccc1. The largest absolute Gasteiger partial charge is 0.309 e. The molecule has 298 valence electrons. The number of rotatable bonds is 3. The van der Waals surface area contributed by atoms with Crippen molar-refractivity contribution < 1.29 is 0 Å². The van der Waals surface area contributed by atoms with E-state index >= 15 is 0 Å². The average Bonchev–Trinajstić information content (AvgIpc) is 4.00. The Morgan fingerprint density at radius 1 is 0.344 bits per heavy atom. The average molecular weight is 815 g/mol. The highest BCUT2D eigenvalue weighted by Crippen LogP contribution is 2.48. The lowest BCUT2D eigenvalue weighted by atomic mass is 9.80. The van der Waals surface area contributed by atoms with Gasteiger partial charge in [-0.2, -0.15) is 0 Å². The van der Waals surface area contributed by atoms with Crippen LogP contribution in [0.2, 0.25) is 0 Å². The summed E-state index contributed by atoms with van der Waals surface area (Å²) in [5.74, 6) is 0.692. The molecule has 64 heavy (non-hydrogen) atoms. The van der Waals surface area contributed by atoms with Gasteiger partial charge < -0.3 is 9.13 Å². The first-order valence-corrected chi connectivity index (χ1v) is 22.0. The topological polar surface area (TPSA) is 27.1 Å². The Kier molecular flexibility index (Phi) is 7.29. The van der Waals surface area contributed by atoms with Crippen LogP contribution in [-0.2, 0) is 0 Å². The van der Waals surface area contributed by atoms with Gasteiger partial charge in [-0.1, -0.05) is 158 Å². The quantitative estimate of drug-likeness (QED) is 0.170. The summed E-state index contributed by atoms with van der Waals surface area (Å²) in [6, 6.07) is 77.3. The monoisotopic (exact) mass is 814 g/mol. The number of aromatic nitrogens is 3. The highest BCUT2D eigenvalue weighted by molar-refractivity contribution is 6.27. The maximum atomic E-state index is 5.61. The van der Waals surface area contributed by atoms with Gasteiger partial charge >= 0.3 is 0 Å². The van der Waals surface area contributed by atoms with E-state index in [1.807, 2.05) is 0 Å². The predicted molar refractivity (Wildman–Crippen MR) is 269 cm³/mol. The molecule has 10 aromatic carbocycles. The first-order valence-electron chi connectivity index (χ1n) is 22.0. The minimum atomic E-state index is -0.163. The van der Waals surface area contributed by atoms with Crippen molar-refractivity contribution in [1.82, 2.24) is 13.7 Å². The number of hydrogen-bond donors (Lipinski definition) is 0. The van der Waals surface area contributed by atoms with E-state index in [-0.39, 0.29) is 5.92 Å². The molecule has 1 unspecified atom stereocenters. The van der Waals surface area contributed by atoms with Gasteiger partial charge in [0.15, 0.2) is 0 Å². The van der Waals surface area contributed by atoms with Crippen LogP contribution in [-0.4, -0.2) is 19.5 Å². The number of nitrogens with zero attached hydrogens (tertiary/aromatic N) is 4. The Morgan fingerprint density at radius 2 is 0.859 bits per heavy atom. The fraction of sp³-hybridized carbons (Fsp3) is 0.0167. The van der Waals surface area contributed by atoms with Crippen molar-refractivity contribution >= 4 is 98.5 Å². The van der Waals surface area contributed by atoms with Gasteiger partial charge in [0.05, 0.1) is 38.8 Å². The van der Waals surface area contributed by atoms with E-state index in [0.29, 0.717) is 0 Å². The van der Waals surface area contributed by atoms with Gasteiger partial charge in [0.1, 0.15) is 5.84 Å². The van der Waals surface area contributed by atoms with E-state index in [1.165, 1.54) is 81.5 Å². The lowest BCUT2D eigenvalue weighted by molar-refractivity contribution is 0.969. The maximum absolute atomic E-state index is 5.61. The summed E-state index contributed by atoms with van der Waals surface area (Å²) in [4.78, 5) is 5.61. The summed E-state index contributed by atoms with van der Waals surface area (Å²) in [5, 5.41) is 12.3. The molecule has 14 rings (SSSR count). The zero-order valence-corrected chi connectivity index (χ0v) is 34.8. The van der Waals surface area contributed by atoms with Crippen LogP contribution in [0.3, 0.4) is 0 Å². The van der Waals surface area contributed by atoms with Crippen molar-refractivity contribution in [2.45, 2.75) is 5.92 Å². The number of para-hydroxylation sites is 4. The standard InChI is InChI=1S/C60H38N4/c1-37-56(48-25-15-29-52-59(48)46-24-11-13-27-50(46)62(52)40-18-3-2-4-19-40)44-22-9-12-26-49(44)61-60(37)64-54-35-31-39-17-6-8-21-43(39)58(54)47-33-32-41(36-55(47)64)63-51-28-14-10-23-45(51)57-42-20-7-5-16-38(42)30-34-53(57)63/h2-36,56H,1H2. The van der Waals surface area contributed by atoms with Crippen LogP contribution < -0.4 is 0 Å². The molecule has 0 amide bonds. The van der Waals surface area contributed by atoms with Crippen molar-refractivity contribution in [2.75, 3.05) is 0 Å². The van der Waals surface area contributed by atoms with Crippen LogP contribution >= 0.6 is 0 Å². The molecule has 4 nitrogen and oxygen atoms in total. The van der Waals surface area contributed by atoms with Crippen LogP contribution in [0.4, 0.5) is 5.69 Å². The molecule has 0 radical (unpaired) electrons. The number of hydrogen-bond acceptors (Lipinski definition) is 1. The summed E-state index contributed by atoms with van der Waals surface area (Å²) in [5.41, 5.74) is 13.4. The van der Waals surface area contributed by atoms with Gasteiger partial charge in [-0.15, -0.1) is 0 Å². The van der Waals surface area contributed by atoms with Gasteiger partial charge in [0.2, 0.25) is 0 Å². The molecular weight excluding hydrogens is 777 g/mol. The Hall–Kier alpha value is -8.47. The molecule has 0 saturated heterocycles. The van der Waals surface area contributed by atoms with Crippen molar-refractivity contribution in [3.05, 3.63) is 236 Å². The minimum Gasteiger partial charge on any atom is -0.309 e. The Bertz CT molecular complexity index is 4160. The van der Waals surface area contributed by atoms with Crippen molar-refractivity contribution in [2.24, 2.45) is 4.99 Å². The van der Waals surface area contributed by atoms with Crippen LogP contribution in [0, 0.1) is 0 Å². The molecule has 0 saturated carbocycles. The van der Waals surface area contributed by atoms with E-state index in [2.05, 4.69) is 226 Å². The molecular formula is C60H38N4. The van der Waals surface area contributed by atoms with Crippen molar-refractivity contribution in [3.8, 4) is 11.4 Å². The van der Waals surface area contributed by atoms with Gasteiger partial charge in [0.25, 0.3) is 0 Å². The fourth-order valence-electron chi connectivity index (χ4n) is 11.2. The Morgan fingerprint density at radius 3 is 1.58 bits per heavy atom. The van der Waals surface area contributed by atoms with E-state index < -0.39 is 0 Å². The van der Waals surface area contributed by atoms with Gasteiger partial charge in [0, 0.05) is 55.2 Å². The van der Waals surface area contributed by atoms with E-state index in [0.717, 1.165) is 45.1 Å². The minimum absolute atomic E-state index is 0.163. The normalized spacial score (nSPS) is 14.2.